The van der Waals surface area contributed by atoms with Crippen LogP contribution in [0.4, 0.5) is 5.69 Å². The van der Waals surface area contributed by atoms with Gasteiger partial charge in [0.25, 0.3) is 5.91 Å². The number of aliphatic imine (C=N–C) groups is 1. The fourth-order valence-electron chi connectivity index (χ4n) is 3.10. The predicted octanol–water partition coefficient (Wildman–Crippen LogP) is 2.33. The van der Waals surface area contributed by atoms with Gasteiger partial charge in [0.2, 0.25) is 0 Å². The van der Waals surface area contributed by atoms with Gasteiger partial charge in [0.05, 0.1) is 23.6 Å². The summed E-state index contributed by atoms with van der Waals surface area (Å²) >= 11 is 1.32. The predicted molar refractivity (Wildman–Crippen MR) is 99.5 cm³/mol. The highest BCUT2D eigenvalue weighted by atomic mass is 32.2. The summed E-state index contributed by atoms with van der Waals surface area (Å²) in [6.07, 6.45) is -0.280. The van der Waals surface area contributed by atoms with Crippen molar-refractivity contribution in [1.82, 2.24) is 0 Å². The summed E-state index contributed by atoms with van der Waals surface area (Å²) in [4.78, 5) is 17.7. The first-order chi connectivity index (χ1) is 11.8. The highest BCUT2D eigenvalue weighted by Crippen LogP contribution is 2.41. The first kappa shape index (κ1) is 18.0. The van der Waals surface area contributed by atoms with E-state index in [1.165, 1.54) is 17.3 Å². The Morgan fingerprint density at radius 3 is 2.64 bits per heavy atom. The number of amidine groups is 1. The number of carbonyl (C=O) groups excluding carboxylic acids is 1. The molecule has 1 aromatic rings. The third-order valence-corrected chi connectivity index (χ3v) is 7.56. The van der Waals surface area contributed by atoms with Crippen molar-refractivity contribution in [3.8, 4) is 6.07 Å². The van der Waals surface area contributed by atoms with E-state index < -0.39 is 15.7 Å². The van der Waals surface area contributed by atoms with Crippen molar-refractivity contribution < 1.29 is 13.2 Å². The lowest BCUT2D eigenvalue weighted by molar-refractivity contribution is -0.116. The summed E-state index contributed by atoms with van der Waals surface area (Å²) in [5.74, 6) is 0.0414. The zero-order valence-corrected chi connectivity index (χ0v) is 15.7. The zero-order chi connectivity index (χ0) is 18.2. The lowest BCUT2D eigenvalue weighted by atomic mass is 10.0. The maximum Gasteiger partial charge on any atom is 0.262 e. The number of nitriles is 1. The third-order valence-electron chi connectivity index (χ3n) is 4.36. The fourth-order valence-corrected chi connectivity index (χ4v) is 7.03. The number of thioether (sulfide) groups is 1. The molecule has 0 bridgehead atoms. The number of amides is 1. The van der Waals surface area contributed by atoms with Crippen LogP contribution in [-0.4, -0.2) is 42.3 Å². The van der Waals surface area contributed by atoms with Gasteiger partial charge in [0.15, 0.2) is 15.0 Å². The second-order valence-corrected chi connectivity index (χ2v) is 9.90. The van der Waals surface area contributed by atoms with Crippen molar-refractivity contribution in [2.45, 2.75) is 37.5 Å². The van der Waals surface area contributed by atoms with E-state index in [4.69, 9.17) is 5.26 Å². The van der Waals surface area contributed by atoms with Gasteiger partial charge in [-0.05, 0) is 23.6 Å². The van der Waals surface area contributed by atoms with Gasteiger partial charge in [-0.25, -0.2) is 8.42 Å². The van der Waals surface area contributed by atoms with Gasteiger partial charge in [-0.15, -0.1) is 0 Å². The fraction of sp³-hybridized carbons (Fsp3) is 0.471. The van der Waals surface area contributed by atoms with Crippen LogP contribution in [0, 0.1) is 11.3 Å². The van der Waals surface area contributed by atoms with Crippen molar-refractivity contribution in [3.05, 3.63) is 29.8 Å². The molecule has 0 aliphatic carbocycles. The Morgan fingerprint density at radius 1 is 1.36 bits per heavy atom. The molecule has 2 heterocycles. The van der Waals surface area contributed by atoms with E-state index in [-0.39, 0.29) is 29.2 Å². The normalized spacial score (nSPS) is 26.0. The van der Waals surface area contributed by atoms with E-state index >= 15 is 0 Å². The molecular weight excluding hydrogens is 358 g/mol. The molecule has 2 saturated heterocycles. The topological polar surface area (TPSA) is 90.6 Å². The van der Waals surface area contributed by atoms with E-state index in [1.807, 2.05) is 29.2 Å². The van der Waals surface area contributed by atoms with Crippen LogP contribution in [0.15, 0.2) is 29.3 Å². The molecule has 0 radical (unpaired) electrons. The van der Waals surface area contributed by atoms with Crippen molar-refractivity contribution in [2.24, 2.45) is 4.99 Å². The van der Waals surface area contributed by atoms with E-state index in [0.29, 0.717) is 11.1 Å². The average Bonchev–Trinajstić information content (AvgIpc) is 2.98. The summed E-state index contributed by atoms with van der Waals surface area (Å²) < 4.78 is 24.0. The van der Waals surface area contributed by atoms with Gasteiger partial charge >= 0.3 is 0 Å². The maximum absolute atomic E-state index is 12.0. The summed E-state index contributed by atoms with van der Waals surface area (Å²) in [7, 11) is -3.08. The lowest BCUT2D eigenvalue weighted by Crippen LogP contribution is -2.37. The Balaban J connectivity index is 1.97. The molecule has 0 spiro atoms. The second-order valence-electron chi connectivity index (χ2n) is 6.54. The molecule has 6 nitrogen and oxygen atoms in total. The van der Waals surface area contributed by atoms with Crippen LogP contribution in [0.25, 0.3) is 0 Å². The summed E-state index contributed by atoms with van der Waals surface area (Å²) in [5.41, 5.74) is 2.01. The number of hydrogen-bond acceptors (Lipinski definition) is 5. The number of nitrogens with zero attached hydrogens (tertiary/aromatic N) is 3. The quantitative estimate of drug-likeness (QED) is 0.803. The van der Waals surface area contributed by atoms with Gasteiger partial charge in [0.1, 0.15) is 6.42 Å². The first-order valence-electron chi connectivity index (χ1n) is 8.05. The lowest BCUT2D eigenvalue weighted by Gasteiger charge is -2.25. The number of anilines is 1. The molecule has 0 N–H and O–H groups in total. The first-order valence-corrected chi connectivity index (χ1v) is 10.8. The molecular formula is C17H19N3O3S2. The van der Waals surface area contributed by atoms with Crippen LogP contribution in [0.5, 0.6) is 0 Å². The monoisotopic (exact) mass is 377 g/mol. The van der Waals surface area contributed by atoms with Crippen molar-refractivity contribution in [2.75, 3.05) is 16.4 Å². The summed E-state index contributed by atoms with van der Waals surface area (Å²) in [5, 5.41) is 9.02. The third kappa shape index (κ3) is 3.72. The van der Waals surface area contributed by atoms with E-state index in [9.17, 15) is 13.2 Å². The molecule has 8 heteroatoms. The molecule has 2 aliphatic rings. The SMILES string of the molecule is CC(C)c1ccc(N2C(=NC(=O)CC#N)S[C@@H]3CS(=O)(=O)C[C@H]32)cc1. The van der Waals surface area contributed by atoms with Crippen molar-refractivity contribution in [3.63, 3.8) is 0 Å². The molecule has 2 fully saturated rings. The molecule has 132 valence electrons. The highest BCUT2D eigenvalue weighted by Gasteiger charge is 2.49. The molecule has 0 saturated carbocycles. The molecule has 0 aromatic heterocycles. The molecule has 25 heavy (non-hydrogen) atoms. The van der Waals surface area contributed by atoms with E-state index in [1.54, 1.807) is 6.07 Å². The van der Waals surface area contributed by atoms with Gasteiger partial charge in [-0.3, -0.25) is 4.79 Å². The number of hydrogen-bond donors (Lipinski definition) is 0. The molecule has 2 aliphatic heterocycles. The van der Waals surface area contributed by atoms with Gasteiger partial charge in [-0.2, -0.15) is 10.3 Å². The number of carbonyl (C=O) groups is 1. The van der Waals surface area contributed by atoms with Crippen LogP contribution in [0.3, 0.4) is 0 Å². The van der Waals surface area contributed by atoms with E-state index in [0.717, 1.165) is 5.69 Å². The zero-order valence-electron chi connectivity index (χ0n) is 14.0. The smallest absolute Gasteiger partial charge is 0.262 e. The Labute approximate surface area is 151 Å². The average molecular weight is 377 g/mol. The van der Waals surface area contributed by atoms with Gasteiger partial charge in [0, 0.05) is 10.9 Å². The number of fused-ring (bicyclic) bond motifs is 1. The Kier molecular flexibility index (Phi) is 4.89. The van der Waals surface area contributed by atoms with Gasteiger partial charge < -0.3 is 4.90 Å². The van der Waals surface area contributed by atoms with Crippen LogP contribution >= 0.6 is 11.8 Å². The van der Waals surface area contributed by atoms with Crippen molar-refractivity contribution >= 4 is 38.4 Å². The number of rotatable bonds is 3. The van der Waals surface area contributed by atoms with Crippen molar-refractivity contribution in [1.29, 1.82) is 5.26 Å². The van der Waals surface area contributed by atoms with Crippen LogP contribution in [0.1, 0.15) is 31.7 Å². The molecule has 2 atom stereocenters. The standard InChI is InChI=1S/C17H19N3O3S2/c1-11(2)12-3-5-13(6-4-12)20-14-9-25(22,23)10-15(14)24-17(20)19-16(21)7-8-18/h3-6,11,14-15H,7,9-10H2,1-2H3/t14-,15-/m1/s1. The molecule has 1 aromatic carbocycles. The largest absolute Gasteiger partial charge is 0.316 e. The van der Waals surface area contributed by atoms with Crippen LogP contribution < -0.4 is 4.90 Å². The van der Waals surface area contributed by atoms with Crippen LogP contribution in [0.2, 0.25) is 0 Å². The second kappa shape index (κ2) is 6.81. The summed E-state index contributed by atoms with van der Waals surface area (Å²) in [6.45, 7) is 4.21. The maximum atomic E-state index is 12.0. The Morgan fingerprint density at radius 2 is 2.04 bits per heavy atom. The summed E-state index contributed by atoms with van der Waals surface area (Å²) in [6, 6.07) is 9.47. The minimum Gasteiger partial charge on any atom is -0.316 e. The molecule has 0 unspecified atom stereocenters. The Hall–Kier alpha value is -1.85. The van der Waals surface area contributed by atoms with Gasteiger partial charge in [-0.1, -0.05) is 37.7 Å². The number of benzene rings is 1. The minimum absolute atomic E-state index is 0.0576. The van der Waals surface area contributed by atoms with E-state index in [2.05, 4.69) is 18.8 Å². The van der Waals surface area contributed by atoms with Crippen LogP contribution in [-0.2, 0) is 14.6 Å². The molecule has 1 amide bonds. The number of sulfone groups is 1. The highest BCUT2D eigenvalue weighted by molar-refractivity contribution is 8.16. The Bertz CT molecular complexity index is 854. The minimum atomic E-state index is -3.08. The molecule has 3 rings (SSSR count).